The van der Waals surface area contributed by atoms with Gasteiger partial charge in [0.2, 0.25) is 0 Å². The molecule has 2 aromatic rings. The second kappa shape index (κ2) is 7.69. The third kappa shape index (κ3) is 3.83. The summed E-state index contributed by atoms with van der Waals surface area (Å²) in [6.07, 6.45) is 0.897. The first-order valence-electron chi connectivity index (χ1n) is 8.43. The predicted octanol–water partition coefficient (Wildman–Crippen LogP) is 1.85. The summed E-state index contributed by atoms with van der Waals surface area (Å²) < 4.78 is 0. The van der Waals surface area contributed by atoms with E-state index in [1.54, 1.807) is 41.3 Å². The van der Waals surface area contributed by atoms with Crippen LogP contribution >= 0.6 is 0 Å². The van der Waals surface area contributed by atoms with Crippen molar-refractivity contribution in [1.82, 2.24) is 16.2 Å². The first-order valence-corrected chi connectivity index (χ1v) is 8.43. The summed E-state index contributed by atoms with van der Waals surface area (Å²) >= 11 is 0. The maximum atomic E-state index is 12.2. The number of rotatable bonds is 4. The van der Waals surface area contributed by atoms with Crippen LogP contribution in [-0.4, -0.2) is 30.9 Å². The summed E-state index contributed by atoms with van der Waals surface area (Å²) in [6, 6.07) is 13.7. The Hall–Kier alpha value is -3.35. The molecule has 1 fully saturated rings. The van der Waals surface area contributed by atoms with Gasteiger partial charge in [-0.3, -0.25) is 25.3 Å². The van der Waals surface area contributed by atoms with Gasteiger partial charge in [-0.1, -0.05) is 19.1 Å². The minimum atomic E-state index is -0.430. The molecule has 0 bridgehead atoms. The number of carbonyl (C=O) groups excluding carboxylic acids is 3. The Bertz CT molecular complexity index is 816. The van der Waals surface area contributed by atoms with Crippen LogP contribution in [0.3, 0.4) is 0 Å². The third-order valence-electron chi connectivity index (χ3n) is 4.21. The summed E-state index contributed by atoms with van der Waals surface area (Å²) in [7, 11) is 0. The topological polar surface area (TPSA) is 90.5 Å². The molecule has 0 atom stereocenters. The fourth-order valence-electron chi connectivity index (χ4n) is 2.66. The molecular weight excluding hydrogens is 332 g/mol. The van der Waals surface area contributed by atoms with Crippen molar-refractivity contribution >= 4 is 23.5 Å². The predicted molar refractivity (Wildman–Crippen MR) is 97.9 cm³/mol. The largest absolute Gasteiger partial charge is 0.336 e. The molecule has 2 aromatic carbocycles. The number of nitrogens with one attached hydrogen (secondary N) is 3. The van der Waals surface area contributed by atoms with Gasteiger partial charge in [0, 0.05) is 29.9 Å². The number of amides is 4. The van der Waals surface area contributed by atoms with Gasteiger partial charge in [0.25, 0.3) is 11.8 Å². The molecule has 0 aliphatic carbocycles. The van der Waals surface area contributed by atoms with E-state index in [1.807, 2.05) is 19.1 Å². The molecule has 3 N–H and O–H groups in total. The number of aryl methyl sites for hydroxylation is 1. The number of hydrogen-bond donors (Lipinski definition) is 3. The monoisotopic (exact) mass is 352 g/mol. The molecule has 1 aliphatic rings. The lowest BCUT2D eigenvalue weighted by molar-refractivity contribution is 0.0846. The Morgan fingerprint density at radius 2 is 1.50 bits per heavy atom. The highest BCUT2D eigenvalue weighted by molar-refractivity contribution is 6.00. The van der Waals surface area contributed by atoms with Gasteiger partial charge >= 0.3 is 6.03 Å². The van der Waals surface area contributed by atoms with Crippen LogP contribution in [0.5, 0.6) is 0 Å². The van der Waals surface area contributed by atoms with Crippen molar-refractivity contribution in [2.75, 3.05) is 18.0 Å². The molecule has 0 saturated carbocycles. The highest BCUT2D eigenvalue weighted by Gasteiger charge is 2.21. The third-order valence-corrected chi connectivity index (χ3v) is 4.21. The number of hydrogen-bond acceptors (Lipinski definition) is 3. The molecular formula is C19H20N4O3. The van der Waals surface area contributed by atoms with Crippen LogP contribution < -0.4 is 21.1 Å². The number of nitrogens with zero attached hydrogens (tertiary/aromatic N) is 1. The molecule has 0 radical (unpaired) electrons. The summed E-state index contributed by atoms with van der Waals surface area (Å²) in [5, 5.41) is 2.72. The SMILES string of the molecule is CCc1ccc(C(=O)NNC(=O)c2ccc(N3CCNC3=O)cc2)cc1. The average molecular weight is 352 g/mol. The van der Waals surface area contributed by atoms with Crippen molar-refractivity contribution in [3.05, 3.63) is 65.2 Å². The van der Waals surface area contributed by atoms with Crippen LogP contribution in [0.2, 0.25) is 0 Å². The van der Waals surface area contributed by atoms with Gasteiger partial charge < -0.3 is 5.32 Å². The molecule has 4 amide bonds. The van der Waals surface area contributed by atoms with Crippen LogP contribution in [0.25, 0.3) is 0 Å². The Balaban J connectivity index is 1.57. The van der Waals surface area contributed by atoms with Crippen molar-refractivity contribution < 1.29 is 14.4 Å². The van der Waals surface area contributed by atoms with E-state index in [0.29, 0.717) is 24.2 Å². The van der Waals surface area contributed by atoms with E-state index in [4.69, 9.17) is 0 Å². The van der Waals surface area contributed by atoms with Crippen molar-refractivity contribution in [2.24, 2.45) is 0 Å². The van der Waals surface area contributed by atoms with E-state index in [9.17, 15) is 14.4 Å². The first-order chi connectivity index (χ1) is 12.6. The molecule has 26 heavy (non-hydrogen) atoms. The van der Waals surface area contributed by atoms with E-state index in [-0.39, 0.29) is 11.9 Å². The smallest absolute Gasteiger partial charge is 0.321 e. The van der Waals surface area contributed by atoms with Crippen LogP contribution in [0.15, 0.2) is 48.5 Å². The molecule has 0 aromatic heterocycles. The van der Waals surface area contributed by atoms with Crippen LogP contribution in [0.1, 0.15) is 33.2 Å². The van der Waals surface area contributed by atoms with Gasteiger partial charge in [-0.15, -0.1) is 0 Å². The van der Waals surface area contributed by atoms with E-state index in [1.165, 1.54) is 0 Å². The van der Waals surface area contributed by atoms with Crippen molar-refractivity contribution in [3.63, 3.8) is 0 Å². The van der Waals surface area contributed by atoms with Gasteiger partial charge in [-0.2, -0.15) is 0 Å². The van der Waals surface area contributed by atoms with E-state index in [0.717, 1.165) is 17.7 Å². The Morgan fingerprint density at radius 3 is 1.96 bits per heavy atom. The van der Waals surface area contributed by atoms with E-state index >= 15 is 0 Å². The second-order valence-corrected chi connectivity index (χ2v) is 5.89. The highest BCUT2D eigenvalue weighted by Crippen LogP contribution is 2.17. The molecule has 1 saturated heterocycles. The first kappa shape index (κ1) is 17.5. The zero-order chi connectivity index (χ0) is 18.5. The summed E-state index contributed by atoms with van der Waals surface area (Å²) in [6.45, 7) is 3.24. The number of benzene rings is 2. The zero-order valence-corrected chi connectivity index (χ0v) is 14.4. The fraction of sp³-hybridized carbons (Fsp3) is 0.211. The fourth-order valence-corrected chi connectivity index (χ4v) is 2.66. The standard InChI is InChI=1S/C19H20N4O3/c1-2-13-3-5-14(6-4-13)17(24)21-22-18(25)15-7-9-16(10-8-15)23-12-11-20-19(23)26/h3-10H,2,11-12H2,1H3,(H,20,26)(H,21,24)(H,22,25). The second-order valence-electron chi connectivity index (χ2n) is 5.89. The lowest BCUT2D eigenvalue weighted by atomic mass is 10.1. The van der Waals surface area contributed by atoms with Crippen molar-refractivity contribution in [1.29, 1.82) is 0 Å². The van der Waals surface area contributed by atoms with Crippen LogP contribution in [0, 0.1) is 0 Å². The molecule has 7 nitrogen and oxygen atoms in total. The lowest BCUT2D eigenvalue weighted by Crippen LogP contribution is -2.41. The van der Waals surface area contributed by atoms with Crippen LogP contribution in [0.4, 0.5) is 10.5 Å². The van der Waals surface area contributed by atoms with Gasteiger partial charge in [-0.05, 0) is 48.4 Å². The molecule has 3 rings (SSSR count). The van der Waals surface area contributed by atoms with Gasteiger partial charge in [-0.25, -0.2) is 4.79 Å². The van der Waals surface area contributed by atoms with Gasteiger partial charge in [0.1, 0.15) is 0 Å². The van der Waals surface area contributed by atoms with E-state index < -0.39 is 5.91 Å². The minimum Gasteiger partial charge on any atom is -0.336 e. The molecule has 0 spiro atoms. The maximum absolute atomic E-state index is 12.2. The number of hydrazine groups is 1. The summed E-state index contributed by atoms with van der Waals surface area (Å²) in [4.78, 5) is 37.5. The molecule has 1 aliphatic heterocycles. The van der Waals surface area contributed by atoms with E-state index in [2.05, 4.69) is 16.2 Å². The quantitative estimate of drug-likeness (QED) is 0.734. The molecule has 134 valence electrons. The number of urea groups is 1. The zero-order valence-electron chi connectivity index (χ0n) is 14.4. The minimum absolute atomic E-state index is 0.149. The highest BCUT2D eigenvalue weighted by atomic mass is 16.2. The van der Waals surface area contributed by atoms with Gasteiger partial charge in [0.05, 0.1) is 0 Å². The number of carbonyl (C=O) groups is 3. The van der Waals surface area contributed by atoms with Crippen molar-refractivity contribution in [3.8, 4) is 0 Å². The Morgan fingerprint density at radius 1 is 0.962 bits per heavy atom. The Kier molecular flexibility index (Phi) is 5.17. The normalized spacial score (nSPS) is 13.3. The maximum Gasteiger partial charge on any atom is 0.321 e. The van der Waals surface area contributed by atoms with Gasteiger partial charge in [0.15, 0.2) is 0 Å². The number of anilines is 1. The molecule has 0 unspecified atom stereocenters. The molecule has 7 heteroatoms. The molecule has 1 heterocycles. The summed E-state index contributed by atoms with van der Waals surface area (Å²) in [5.41, 5.74) is 7.50. The van der Waals surface area contributed by atoms with Crippen LogP contribution in [-0.2, 0) is 6.42 Å². The summed E-state index contributed by atoms with van der Waals surface area (Å²) in [5.74, 6) is -0.813. The van der Waals surface area contributed by atoms with Crippen molar-refractivity contribution in [2.45, 2.75) is 13.3 Å². The average Bonchev–Trinajstić information content (AvgIpc) is 3.12. The lowest BCUT2D eigenvalue weighted by Gasteiger charge is -2.14. The Labute approximate surface area is 151 Å².